The molecule has 1 N–H and O–H groups in total. The van der Waals surface area contributed by atoms with Gasteiger partial charge in [0.1, 0.15) is 10.8 Å². The number of nitrogens with zero attached hydrogens (tertiary/aromatic N) is 1. The molecule has 0 aliphatic carbocycles. The van der Waals surface area contributed by atoms with Crippen molar-refractivity contribution in [3.8, 4) is 10.6 Å². The van der Waals surface area contributed by atoms with Gasteiger partial charge in [0.05, 0.1) is 10.2 Å². The summed E-state index contributed by atoms with van der Waals surface area (Å²) in [4.78, 5) is 5.86. The largest absolute Gasteiger partial charge is 0.311 e. The Hall–Kier alpha value is -0.780. The van der Waals surface area contributed by atoms with E-state index >= 15 is 0 Å². The van der Waals surface area contributed by atoms with Crippen LogP contribution in [0.25, 0.3) is 10.6 Å². The molecule has 1 aromatic carbocycles. The lowest BCUT2D eigenvalue weighted by molar-refractivity contribution is 0.621. The molecule has 0 unspecified atom stereocenters. The molecule has 2 aromatic rings. The number of nitrogens with one attached hydrogen (secondary N) is 1. The highest BCUT2D eigenvalue weighted by Crippen LogP contribution is 2.31. The molecule has 0 bridgehead atoms. The fraction of sp³-hybridized carbons (Fsp3) is 0.250. The molecule has 0 amide bonds. The first-order chi connectivity index (χ1) is 8.24. The molecular weight excluding hydrogens is 303 g/mol. The second-order valence-electron chi connectivity index (χ2n) is 3.94. The van der Waals surface area contributed by atoms with Gasteiger partial charge in [-0.1, -0.05) is 6.07 Å². The zero-order valence-electron chi connectivity index (χ0n) is 8.96. The molecule has 3 rings (SSSR count). The average molecular weight is 313 g/mol. The Morgan fingerprint density at radius 1 is 1.41 bits per heavy atom. The third-order valence-corrected chi connectivity index (χ3v) is 4.56. The Bertz CT molecular complexity index is 544. The first-order valence-electron chi connectivity index (χ1n) is 5.39. The average Bonchev–Trinajstić information content (AvgIpc) is 2.76. The van der Waals surface area contributed by atoms with Crippen LogP contribution in [0.5, 0.6) is 0 Å². The van der Waals surface area contributed by atoms with Gasteiger partial charge in [-0.2, -0.15) is 0 Å². The van der Waals surface area contributed by atoms with E-state index in [9.17, 15) is 4.39 Å². The third kappa shape index (κ3) is 2.14. The third-order valence-electron chi connectivity index (χ3n) is 2.77. The van der Waals surface area contributed by atoms with Gasteiger partial charge in [-0.15, -0.1) is 11.3 Å². The summed E-state index contributed by atoms with van der Waals surface area (Å²) >= 11 is 4.80. The van der Waals surface area contributed by atoms with Crippen molar-refractivity contribution in [1.29, 1.82) is 0 Å². The predicted octanol–water partition coefficient (Wildman–Crippen LogP) is 3.36. The summed E-state index contributed by atoms with van der Waals surface area (Å²) in [7, 11) is 0. The van der Waals surface area contributed by atoms with E-state index in [1.807, 2.05) is 6.07 Å². The van der Waals surface area contributed by atoms with Crippen LogP contribution in [-0.4, -0.2) is 11.5 Å². The fourth-order valence-corrected chi connectivity index (χ4v) is 3.20. The number of fused-ring (bicyclic) bond motifs is 1. The maximum Gasteiger partial charge on any atom is 0.138 e. The normalized spacial score (nSPS) is 14.7. The van der Waals surface area contributed by atoms with Crippen LogP contribution in [0.1, 0.15) is 10.6 Å². The number of thiazole rings is 1. The topological polar surface area (TPSA) is 24.9 Å². The highest BCUT2D eigenvalue weighted by atomic mass is 79.9. The van der Waals surface area contributed by atoms with Gasteiger partial charge in [-0.3, -0.25) is 0 Å². The van der Waals surface area contributed by atoms with Crippen LogP contribution in [0.15, 0.2) is 22.7 Å². The second kappa shape index (κ2) is 4.48. The lowest BCUT2D eigenvalue weighted by Crippen LogP contribution is -2.22. The molecule has 1 aliphatic rings. The van der Waals surface area contributed by atoms with Crippen LogP contribution in [0.4, 0.5) is 4.39 Å². The van der Waals surface area contributed by atoms with Crippen LogP contribution in [0, 0.1) is 5.82 Å². The molecule has 0 fully saturated rings. The zero-order valence-corrected chi connectivity index (χ0v) is 11.4. The molecule has 0 spiro atoms. The number of halogens is 2. The summed E-state index contributed by atoms with van der Waals surface area (Å²) < 4.78 is 14.0. The minimum atomic E-state index is -0.242. The molecule has 2 heterocycles. The van der Waals surface area contributed by atoms with Crippen molar-refractivity contribution in [2.45, 2.75) is 13.0 Å². The van der Waals surface area contributed by atoms with Gasteiger partial charge in [-0.25, -0.2) is 9.37 Å². The standard InChI is InChI=1S/C12H10BrFN2S/c13-8-2-1-7(5-9(8)14)12-16-10-3-4-15-6-11(10)17-12/h1-2,5,15H,3-4,6H2. The number of hydrogen-bond acceptors (Lipinski definition) is 3. The van der Waals surface area contributed by atoms with Crippen LogP contribution in [0.3, 0.4) is 0 Å². The van der Waals surface area contributed by atoms with Crippen molar-refractivity contribution in [3.05, 3.63) is 39.1 Å². The molecule has 1 aliphatic heterocycles. The number of rotatable bonds is 1. The van der Waals surface area contributed by atoms with E-state index in [2.05, 4.69) is 26.2 Å². The van der Waals surface area contributed by atoms with Gasteiger partial charge in [0.2, 0.25) is 0 Å². The van der Waals surface area contributed by atoms with Crippen molar-refractivity contribution in [1.82, 2.24) is 10.3 Å². The van der Waals surface area contributed by atoms with Gasteiger partial charge >= 0.3 is 0 Å². The summed E-state index contributed by atoms with van der Waals surface area (Å²) in [5, 5.41) is 4.22. The zero-order chi connectivity index (χ0) is 11.8. The van der Waals surface area contributed by atoms with Gasteiger partial charge in [0.15, 0.2) is 0 Å². The predicted molar refractivity (Wildman–Crippen MR) is 70.6 cm³/mol. The van der Waals surface area contributed by atoms with E-state index < -0.39 is 0 Å². The molecule has 0 radical (unpaired) electrons. The van der Waals surface area contributed by atoms with Gasteiger partial charge in [-0.05, 0) is 28.1 Å². The molecule has 0 saturated carbocycles. The van der Waals surface area contributed by atoms with E-state index in [1.165, 1.54) is 10.9 Å². The van der Waals surface area contributed by atoms with E-state index in [1.54, 1.807) is 17.4 Å². The summed E-state index contributed by atoms with van der Waals surface area (Å²) in [6.07, 6.45) is 0.963. The van der Waals surface area contributed by atoms with Crippen molar-refractivity contribution in [3.63, 3.8) is 0 Å². The minimum Gasteiger partial charge on any atom is -0.311 e. The van der Waals surface area contributed by atoms with Crippen molar-refractivity contribution in [2.24, 2.45) is 0 Å². The molecule has 88 valence electrons. The van der Waals surface area contributed by atoms with Crippen molar-refractivity contribution in [2.75, 3.05) is 6.54 Å². The summed E-state index contributed by atoms with van der Waals surface area (Å²) in [6, 6.07) is 5.15. The van der Waals surface area contributed by atoms with Crippen LogP contribution in [0.2, 0.25) is 0 Å². The van der Waals surface area contributed by atoms with E-state index in [0.29, 0.717) is 4.47 Å². The smallest absolute Gasteiger partial charge is 0.138 e. The van der Waals surface area contributed by atoms with E-state index in [-0.39, 0.29) is 5.82 Å². The summed E-state index contributed by atoms with van der Waals surface area (Å²) in [6.45, 7) is 1.86. The van der Waals surface area contributed by atoms with Crippen molar-refractivity contribution >= 4 is 27.3 Å². The Balaban J connectivity index is 2.03. The Labute approximate surface area is 111 Å². The number of hydrogen-bond donors (Lipinski definition) is 1. The number of aromatic nitrogens is 1. The first kappa shape index (κ1) is 11.3. The van der Waals surface area contributed by atoms with Crippen LogP contribution < -0.4 is 5.32 Å². The maximum absolute atomic E-state index is 13.5. The molecular formula is C12H10BrFN2S. The van der Waals surface area contributed by atoms with E-state index in [4.69, 9.17) is 0 Å². The highest BCUT2D eigenvalue weighted by Gasteiger charge is 2.16. The lowest BCUT2D eigenvalue weighted by atomic mass is 10.2. The minimum absolute atomic E-state index is 0.242. The van der Waals surface area contributed by atoms with Gasteiger partial charge in [0, 0.05) is 30.0 Å². The SMILES string of the molecule is Fc1cc(-c2nc3c(s2)CNCC3)ccc1Br. The second-order valence-corrected chi connectivity index (χ2v) is 5.88. The van der Waals surface area contributed by atoms with E-state index in [0.717, 1.165) is 35.8 Å². The molecule has 5 heteroatoms. The molecule has 0 atom stereocenters. The number of benzene rings is 1. The Morgan fingerprint density at radius 3 is 3.06 bits per heavy atom. The highest BCUT2D eigenvalue weighted by molar-refractivity contribution is 9.10. The molecule has 1 aromatic heterocycles. The quantitative estimate of drug-likeness (QED) is 0.873. The fourth-order valence-electron chi connectivity index (χ4n) is 1.88. The molecule has 17 heavy (non-hydrogen) atoms. The Morgan fingerprint density at radius 2 is 2.29 bits per heavy atom. The Kier molecular flexibility index (Phi) is 2.98. The van der Waals surface area contributed by atoms with Crippen LogP contribution in [-0.2, 0) is 13.0 Å². The monoisotopic (exact) mass is 312 g/mol. The van der Waals surface area contributed by atoms with Gasteiger partial charge < -0.3 is 5.32 Å². The lowest BCUT2D eigenvalue weighted by Gasteiger charge is -2.09. The maximum atomic E-state index is 13.5. The summed E-state index contributed by atoms with van der Waals surface area (Å²) in [5.74, 6) is -0.242. The first-order valence-corrected chi connectivity index (χ1v) is 7.00. The van der Waals surface area contributed by atoms with Crippen LogP contribution >= 0.6 is 27.3 Å². The van der Waals surface area contributed by atoms with Crippen molar-refractivity contribution < 1.29 is 4.39 Å². The molecule has 0 saturated heterocycles. The molecule has 2 nitrogen and oxygen atoms in total. The summed E-state index contributed by atoms with van der Waals surface area (Å²) in [5.41, 5.74) is 2.01. The van der Waals surface area contributed by atoms with Gasteiger partial charge in [0.25, 0.3) is 0 Å².